The fourth-order valence-electron chi connectivity index (χ4n) is 20.3. The van der Waals surface area contributed by atoms with Crippen LogP contribution in [0.25, 0.3) is 12.2 Å². The molecule has 0 spiro atoms. The van der Waals surface area contributed by atoms with E-state index in [2.05, 4.69) is 196 Å². The Kier molecular flexibility index (Phi) is 17.0. The van der Waals surface area contributed by atoms with Crippen molar-refractivity contribution in [2.45, 2.75) is 222 Å². The summed E-state index contributed by atoms with van der Waals surface area (Å²) in [6, 6.07) is 10.1. The molecular formula is C70H106Cl2Si4Zr. The molecule has 0 saturated heterocycles. The zero-order valence-corrected chi connectivity index (χ0v) is 60.8. The molecule has 0 nitrogen and oxygen atoms in total. The molecular weight excluding hydrogens is 1120 g/mol. The van der Waals surface area contributed by atoms with Crippen molar-refractivity contribution in [1.29, 1.82) is 0 Å². The monoisotopic (exact) mass is 1220 g/mol. The summed E-state index contributed by atoms with van der Waals surface area (Å²) in [4.78, 5) is 0. The Morgan fingerprint density at radius 1 is 0.468 bits per heavy atom. The molecule has 10 aliphatic carbocycles. The number of halogens is 2. The van der Waals surface area contributed by atoms with Gasteiger partial charge in [-0.15, -0.1) is 0 Å². The van der Waals surface area contributed by atoms with E-state index in [0.29, 0.717) is 32.7 Å². The van der Waals surface area contributed by atoms with Crippen LogP contribution in [0.3, 0.4) is 0 Å². The van der Waals surface area contributed by atoms with Crippen molar-refractivity contribution in [3.63, 3.8) is 0 Å². The van der Waals surface area contributed by atoms with Gasteiger partial charge in [0, 0.05) is 15.2 Å². The molecule has 77 heavy (non-hydrogen) atoms. The maximum atomic E-state index is 4.93. The van der Waals surface area contributed by atoms with Crippen LogP contribution in [-0.4, -0.2) is 30.4 Å². The first-order valence-corrected chi connectivity index (χ1v) is 50.7. The minimum atomic E-state index is -1.68. The Balaban J connectivity index is 0.000000189. The molecule has 7 heteroatoms. The summed E-state index contributed by atoms with van der Waals surface area (Å²) in [6.07, 6.45) is 29.2. The molecule has 2 aromatic carbocycles. The molecule has 2 saturated carbocycles. The van der Waals surface area contributed by atoms with E-state index in [9.17, 15) is 0 Å². The van der Waals surface area contributed by atoms with Gasteiger partial charge in [0.2, 0.25) is 0 Å². The molecule has 0 aromatic heterocycles. The molecule has 0 radical (unpaired) electrons. The molecule has 10 unspecified atom stereocenters. The van der Waals surface area contributed by atoms with Crippen LogP contribution in [0.1, 0.15) is 177 Å². The summed E-state index contributed by atoms with van der Waals surface area (Å²) in [5, 5.41) is 0. The van der Waals surface area contributed by atoms with Gasteiger partial charge in [0.15, 0.2) is 0 Å². The van der Waals surface area contributed by atoms with Gasteiger partial charge in [-0.2, -0.15) is 0 Å². The number of hydrogen-bond acceptors (Lipinski definition) is 0. The molecule has 10 aliphatic rings. The minimum absolute atomic E-state index is 0. The summed E-state index contributed by atoms with van der Waals surface area (Å²) in [5.41, 5.74) is 28.7. The van der Waals surface area contributed by atoms with Crippen LogP contribution in [-0.2, 0) is 46.5 Å². The number of allylic oxidation sites excluding steroid dienone is 10. The molecule has 2 aromatic rings. The first kappa shape index (κ1) is 62.3. The van der Waals surface area contributed by atoms with E-state index in [-0.39, 0.29) is 14.9 Å². The predicted octanol–water partition coefficient (Wildman–Crippen LogP) is 21.6. The Morgan fingerprint density at radius 2 is 0.792 bits per heavy atom. The summed E-state index contributed by atoms with van der Waals surface area (Å²) < 4.78 is 0. The summed E-state index contributed by atoms with van der Waals surface area (Å²) in [7, 11) is 3.55. The van der Waals surface area contributed by atoms with E-state index in [4.69, 9.17) is 17.0 Å². The summed E-state index contributed by atoms with van der Waals surface area (Å²) in [5.74, 6) is 5.18. The van der Waals surface area contributed by atoms with E-state index in [1.807, 2.05) is 11.1 Å². The normalized spacial score (nSPS) is 31.9. The van der Waals surface area contributed by atoms with Crippen molar-refractivity contribution in [2.24, 2.45) is 57.2 Å². The molecule has 0 N–H and O–H groups in total. The van der Waals surface area contributed by atoms with Gasteiger partial charge >= 0.3 is 37.9 Å². The first-order chi connectivity index (χ1) is 34.7. The van der Waals surface area contributed by atoms with E-state index < -0.39 is 51.2 Å². The van der Waals surface area contributed by atoms with E-state index >= 15 is 0 Å². The Morgan fingerprint density at radius 3 is 1.13 bits per heavy atom. The molecule has 0 bridgehead atoms. The molecule has 420 valence electrons. The van der Waals surface area contributed by atoms with Crippen LogP contribution in [0.15, 0.2) is 82.0 Å². The van der Waals surface area contributed by atoms with Crippen LogP contribution in [0.2, 0.25) is 63.5 Å². The van der Waals surface area contributed by atoms with Crippen LogP contribution in [0, 0.1) is 72.0 Å². The van der Waals surface area contributed by atoms with Gasteiger partial charge in [0.1, 0.15) is 0 Å². The fourth-order valence-corrected chi connectivity index (χ4v) is 48.5. The van der Waals surface area contributed by atoms with Crippen molar-refractivity contribution in [3.05, 3.63) is 141 Å². The summed E-state index contributed by atoms with van der Waals surface area (Å²) in [6.45, 7) is 52.6. The van der Waals surface area contributed by atoms with Crippen LogP contribution in [0.4, 0.5) is 0 Å². The molecule has 0 heterocycles. The summed E-state index contributed by atoms with van der Waals surface area (Å²) >= 11 is -0.826. The van der Waals surface area contributed by atoms with Crippen LogP contribution < -0.4 is 0 Å². The number of rotatable bonds is 6. The third-order valence-corrected chi connectivity index (χ3v) is 64.0. The van der Waals surface area contributed by atoms with Gasteiger partial charge in [0.25, 0.3) is 0 Å². The zero-order valence-electron chi connectivity index (χ0n) is 52.9. The SMILES string of the molecule is CC1=Cc2c(ccc3c2CC(C)(C)C3)C1[Si](C)(C)[Si](C)(C)C1C(C)=Cc2c1ccc1c2CC(C)(C)C1.CC1CC2C3=C(C=CC2C1[Si](C)(C)[Si](C)(C)C1C(C)CC2C4=C(C=CC21)CC(C)(C)C4)CC(C)(C)C3.[CH3-].[CH3-].[Cl][Zr+2][Cl]. The van der Waals surface area contributed by atoms with Gasteiger partial charge in [-0.3, -0.25) is 0 Å². The third-order valence-electron chi connectivity index (χ3n) is 24.0. The topological polar surface area (TPSA) is 0 Å². The van der Waals surface area contributed by atoms with E-state index in [0.717, 1.165) is 46.6 Å². The molecule has 12 rings (SSSR count). The van der Waals surface area contributed by atoms with Crippen molar-refractivity contribution in [3.8, 4) is 0 Å². The van der Waals surface area contributed by atoms with Gasteiger partial charge in [-0.05, 0) is 213 Å². The Labute approximate surface area is 496 Å². The van der Waals surface area contributed by atoms with Crippen LogP contribution in [0.5, 0.6) is 0 Å². The predicted molar refractivity (Wildman–Crippen MR) is 350 cm³/mol. The van der Waals surface area contributed by atoms with Gasteiger partial charge in [0.05, 0.1) is 15.2 Å². The first-order valence-electron chi connectivity index (χ1n) is 30.1. The number of fused-ring (bicyclic) bond motifs is 10. The molecule has 0 amide bonds. The second-order valence-corrected chi connectivity index (χ2v) is 68.2. The van der Waals surface area contributed by atoms with Gasteiger partial charge in [-0.1, -0.05) is 205 Å². The molecule has 2 fully saturated rings. The Hall–Kier alpha value is -0.789. The third kappa shape index (κ3) is 10.4. The fraction of sp³-hybridized carbons (Fsp3) is 0.629. The zero-order chi connectivity index (χ0) is 54.7. The Bertz CT molecular complexity index is 2670. The standard InChI is InChI=1S/C34H54Si2.C34H46Si2.2CH3.2ClH.Zr/c2*1-21-15-27-25(13-11-23-17-33(3,4)19-29(23)27)31(21)35(7,8)36(9,10)32-22(2)16-28-26(32)14-12-24-18-34(5,6)20-30(24)28;;;;;/h11-14,21-22,25-28,31-32H,15-20H2,1-10H3;11-16,31-32H,17-20H2,1-10H3;2*1H3;2*1H;/q;;2*-1;;;+4/p-2. The maximum absolute atomic E-state index is 4.93. The van der Waals surface area contributed by atoms with E-state index in [1.54, 1.807) is 66.8 Å². The quantitative estimate of drug-likeness (QED) is 0.200. The van der Waals surface area contributed by atoms with Gasteiger partial charge in [-0.25, -0.2) is 0 Å². The second-order valence-electron chi connectivity index (χ2n) is 32.7. The van der Waals surface area contributed by atoms with E-state index in [1.165, 1.54) is 64.2 Å². The number of benzene rings is 2. The van der Waals surface area contributed by atoms with Crippen molar-refractivity contribution >= 4 is 59.5 Å². The van der Waals surface area contributed by atoms with Crippen molar-refractivity contribution < 1.29 is 20.8 Å². The average Bonchev–Trinajstić information content (AvgIpc) is 4.15. The van der Waals surface area contributed by atoms with Crippen molar-refractivity contribution in [1.82, 2.24) is 0 Å². The van der Waals surface area contributed by atoms with Crippen molar-refractivity contribution in [2.75, 3.05) is 0 Å². The second kappa shape index (κ2) is 21.1. The number of hydrogen-bond donors (Lipinski definition) is 0. The average molecular weight is 1220 g/mol. The molecule has 0 aliphatic heterocycles. The molecule has 10 atom stereocenters. The van der Waals surface area contributed by atoms with Crippen LogP contribution >= 0.6 is 17.0 Å². The van der Waals surface area contributed by atoms with Gasteiger partial charge < -0.3 is 14.9 Å².